The maximum Gasteiger partial charge on any atom is 0.0724 e. The van der Waals surface area contributed by atoms with Crippen LogP contribution in [0, 0.1) is 0 Å². The summed E-state index contributed by atoms with van der Waals surface area (Å²) in [5.74, 6) is 0. The molecule has 1 aromatic carbocycles. The average molecular weight is 241 g/mol. The van der Waals surface area contributed by atoms with E-state index in [0.29, 0.717) is 6.04 Å². The molecule has 3 nitrogen and oxygen atoms in total. The van der Waals surface area contributed by atoms with E-state index in [1.807, 2.05) is 0 Å². The molecule has 0 bridgehead atoms. The lowest BCUT2D eigenvalue weighted by Gasteiger charge is -2.13. The number of aryl methyl sites for hydroxylation is 1. The van der Waals surface area contributed by atoms with E-state index < -0.39 is 0 Å². The number of aromatic nitrogens is 2. The van der Waals surface area contributed by atoms with E-state index in [1.165, 1.54) is 5.56 Å². The summed E-state index contributed by atoms with van der Waals surface area (Å²) in [5, 5.41) is 3.47. The third-order valence-corrected chi connectivity index (χ3v) is 2.96. The van der Waals surface area contributed by atoms with Gasteiger partial charge in [0, 0.05) is 31.2 Å². The van der Waals surface area contributed by atoms with Crippen LogP contribution in [0.1, 0.15) is 24.6 Å². The van der Waals surface area contributed by atoms with E-state index in [9.17, 15) is 0 Å². The van der Waals surface area contributed by atoms with Crippen molar-refractivity contribution in [2.75, 3.05) is 0 Å². The predicted octanol–water partition coefficient (Wildman–Crippen LogP) is 2.59. The molecule has 0 aliphatic heterocycles. The van der Waals surface area contributed by atoms with Crippen LogP contribution >= 0.6 is 0 Å². The van der Waals surface area contributed by atoms with Gasteiger partial charge in [-0.15, -0.1) is 0 Å². The lowest BCUT2D eigenvalue weighted by atomic mass is 10.1. The molecule has 1 N–H and O–H groups in total. The van der Waals surface area contributed by atoms with Gasteiger partial charge in [-0.2, -0.15) is 0 Å². The molecule has 0 radical (unpaired) electrons. The fourth-order valence-corrected chi connectivity index (χ4v) is 1.83. The molecule has 0 fully saturated rings. The maximum absolute atomic E-state index is 4.24. The number of hydrogen-bond acceptors (Lipinski definition) is 3. The van der Waals surface area contributed by atoms with E-state index in [1.54, 1.807) is 18.6 Å². The first-order valence-corrected chi connectivity index (χ1v) is 6.37. The van der Waals surface area contributed by atoms with Crippen LogP contribution in [-0.4, -0.2) is 16.0 Å². The fourth-order valence-electron chi connectivity index (χ4n) is 1.83. The Morgan fingerprint density at radius 3 is 2.72 bits per heavy atom. The van der Waals surface area contributed by atoms with Gasteiger partial charge in [0.15, 0.2) is 0 Å². The first kappa shape index (κ1) is 12.7. The third-order valence-electron chi connectivity index (χ3n) is 2.96. The Labute approximate surface area is 108 Å². The van der Waals surface area contributed by atoms with Crippen LogP contribution in [0.15, 0.2) is 48.9 Å². The Kier molecular flexibility index (Phi) is 4.85. The molecule has 2 rings (SSSR count). The molecule has 0 amide bonds. The monoisotopic (exact) mass is 241 g/mol. The van der Waals surface area contributed by atoms with Crippen LogP contribution in [0.4, 0.5) is 0 Å². The van der Waals surface area contributed by atoms with Crippen LogP contribution in [0.3, 0.4) is 0 Å². The van der Waals surface area contributed by atoms with Crippen molar-refractivity contribution in [3.63, 3.8) is 0 Å². The molecule has 1 heterocycles. The van der Waals surface area contributed by atoms with Gasteiger partial charge < -0.3 is 5.32 Å². The largest absolute Gasteiger partial charge is 0.309 e. The van der Waals surface area contributed by atoms with Crippen molar-refractivity contribution < 1.29 is 0 Å². The van der Waals surface area contributed by atoms with Gasteiger partial charge in [-0.3, -0.25) is 9.97 Å². The fraction of sp³-hybridized carbons (Fsp3) is 0.333. The molecule has 1 atom stereocenters. The van der Waals surface area contributed by atoms with Gasteiger partial charge in [-0.1, -0.05) is 30.3 Å². The van der Waals surface area contributed by atoms with E-state index in [-0.39, 0.29) is 0 Å². The van der Waals surface area contributed by atoms with E-state index in [2.05, 4.69) is 52.5 Å². The second kappa shape index (κ2) is 6.87. The smallest absolute Gasteiger partial charge is 0.0724 e. The van der Waals surface area contributed by atoms with Crippen molar-refractivity contribution in [3.8, 4) is 0 Å². The van der Waals surface area contributed by atoms with Gasteiger partial charge in [0.05, 0.1) is 5.69 Å². The second-order valence-corrected chi connectivity index (χ2v) is 4.50. The molecule has 3 heteroatoms. The summed E-state index contributed by atoms with van der Waals surface area (Å²) in [6.45, 7) is 2.99. The summed E-state index contributed by atoms with van der Waals surface area (Å²) in [4.78, 5) is 8.30. The molecule has 0 spiro atoms. The summed E-state index contributed by atoms with van der Waals surface area (Å²) in [5.41, 5.74) is 2.38. The minimum atomic E-state index is 0.479. The highest BCUT2D eigenvalue weighted by Crippen LogP contribution is 2.05. The molecule has 0 aliphatic rings. The van der Waals surface area contributed by atoms with Crippen LogP contribution in [0.2, 0.25) is 0 Å². The first-order chi connectivity index (χ1) is 8.84. The normalized spacial score (nSPS) is 12.3. The number of hydrogen-bond donors (Lipinski definition) is 1. The molecule has 1 unspecified atom stereocenters. The highest BCUT2D eigenvalue weighted by atomic mass is 14.9. The Morgan fingerprint density at radius 2 is 2.00 bits per heavy atom. The van der Waals surface area contributed by atoms with E-state index >= 15 is 0 Å². The average Bonchev–Trinajstić information content (AvgIpc) is 2.45. The van der Waals surface area contributed by atoms with Gasteiger partial charge in [-0.25, -0.2) is 0 Å². The van der Waals surface area contributed by atoms with Crippen LogP contribution in [-0.2, 0) is 13.0 Å². The van der Waals surface area contributed by atoms with Crippen molar-refractivity contribution in [2.45, 2.75) is 32.4 Å². The predicted molar refractivity (Wildman–Crippen MR) is 73.1 cm³/mol. The second-order valence-electron chi connectivity index (χ2n) is 4.50. The molecule has 0 saturated heterocycles. The summed E-state index contributed by atoms with van der Waals surface area (Å²) in [7, 11) is 0. The molecular formula is C15H19N3. The van der Waals surface area contributed by atoms with Gasteiger partial charge >= 0.3 is 0 Å². The number of benzene rings is 1. The highest BCUT2D eigenvalue weighted by molar-refractivity contribution is 5.14. The van der Waals surface area contributed by atoms with Crippen molar-refractivity contribution in [1.29, 1.82) is 0 Å². The number of nitrogens with one attached hydrogen (secondary N) is 1. The molecule has 2 aromatic rings. The third kappa shape index (κ3) is 4.26. The highest BCUT2D eigenvalue weighted by Gasteiger charge is 2.02. The topological polar surface area (TPSA) is 37.8 Å². The standard InChI is InChI=1S/C15H19N3/c1-13(7-8-14-5-3-2-4-6-14)18-12-15-11-16-9-10-17-15/h2-6,9-11,13,18H,7-8,12H2,1H3. The Bertz CT molecular complexity index is 398. The quantitative estimate of drug-likeness (QED) is 0.844. The van der Waals surface area contributed by atoms with Crippen molar-refractivity contribution in [1.82, 2.24) is 15.3 Å². The SMILES string of the molecule is CC(CCc1ccccc1)NCc1cnccn1. The summed E-state index contributed by atoms with van der Waals surface area (Å²) in [6.07, 6.45) is 7.46. The summed E-state index contributed by atoms with van der Waals surface area (Å²) in [6, 6.07) is 11.1. The zero-order chi connectivity index (χ0) is 12.6. The van der Waals surface area contributed by atoms with E-state index in [0.717, 1.165) is 25.1 Å². The summed E-state index contributed by atoms with van der Waals surface area (Å²) >= 11 is 0. The minimum Gasteiger partial charge on any atom is -0.309 e. The Balaban J connectivity index is 1.71. The first-order valence-electron chi connectivity index (χ1n) is 6.37. The lowest BCUT2D eigenvalue weighted by Crippen LogP contribution is -2.26. The zero-order valence-corrected chi connectivity index (χ0v) is 10.7. The number of nitrogens with zero attached hydrogens (tertiary/aromatic N) is 2. The van der Waals surface area contributed by atoms with Crippen molar-refractivity contribution in [2.24, 2.45) is 0 Å². The molecule has 0 aliphatic carbocycles. The molecule has 0 saturated carbocycles. The van der Waals surface area contributed by atoms with Crippen LogP contribution in [0.25, 0.3) is 0 Å². The molecule has 1 aromatic heterocycles. The lowest BCUT2D eigenvalue weighted by molar-refractivity contribution is 0.509. The van der Waals surface area contributed by atoms with Gasteiger partial charge in [0.1, 0.15) is 0 Å². The van der Waals surface area contributed by atoms with Crippen LogP contribution < -0.4 is 5.32 Å². The van der Waals surface area contributed by atoms with Crippen LogP contribution in [0.5, 0.6) is 0 Å². The van der Waals surface area contributed by atoms with Gasteiger partial charge in [0.25, 0.3) is 0 Å². The van der Waals surface area contributed by atoms with E-state index in [4.69, 9.17) is 0 Å². The zero-order valence-electron chi connectivity index (χ0n) is 10.7. The summed E-state index contributed by atoms with van der Waals surface area (Å²) < 4.78 is 0. The van der Waals surface area contributed by atoms with Gasteiger partial charge in [0.2, 0.25) is 0 Å². The van der Waals surface area contributed by atoms with Crippen molar-refractivity contribution >= 4 is 0 Å². The van der Waals surface area contributed by atoms with Gasteiger partial charge in [-0.05, 0) is 25.3 Å². The minimum absolute atomic E-state index is 0.479. The molecule has 18 heavy (non-hydrogen) atoms. The molecular weight excluding hydrogens is 222 g/mol. The van der Waals surface area contributed by atoms with Crippen molar-refractivity contribution in [3.05, 3.63) is 60.2 Å². The Morgan fingerprint density at radius 1 is 1.17 bits per heavy atom. The molecule has 94 valence electrons. The number of rotatable bonds is 6. The maximum atomic E-state index is 4.24. The Hall–Kier alpha value is -1.74.